The molecular formula is C36H42FN3O5. The van der Waals surface area contributed by atoms with Gasteiger partial charge in [-0.05, 0) is 53.6 Å². The molecular weight excluding hydrogens is 573 g/mol. The summed E-state index contributed by atoms with van der Waals surface area (Å²) in [4.78, 5) is 41.8. The first-order chi connectivity index (χ1) is 21.9. The first-order valence-corrected chi connectivity index (χ1v) is 15.9. The molecule has 0 radical (unpaired) electrons. The van der Waals surface area contributed by atoms with Gasteiger partial charge < -0.3 is 25.0 Å². The van der Waals surface area contributed by atoms with Gasteiger partial charge in [0.25, 0.3) is 0 Å². The van der Waals surface area contributed by atoms with Crippen LogP contribution in [0.2, 0.25) is 0 Å². The van der Waals surface area contributed by atoms with Gasteiger partial charge >= 0.3 is 12.1 Å². The molecule has 1 aliphatic carbocycles. The van der Waals surface area contributed by atoms with E-state index in [4.69, 9.17) is 9.47 Å². The summed E-state index contributed by atoms with van der Waals surface area (Å²) < 4.78 is 24.9. The van der Waals surface area contributed by atoms with Crippen molar-refractivity contribution in [2.24, 2.45) is 5.92 Å². The summed E-state index contributed by atoms with van der Waals surface area (Å²) in [6, 6.07) is 22.0. The second-order valence-corrected chi connectivity index (χ2v) is 12.0. The number of esters is 1. The molecule has 1 saturated carbocycles. The molecule has 238 valence electrons. The highest BCUT2D eigenvalue weighted by Gasteiger charge is 2.31. The van der Waals surface area contributed by atoms with Gasteiger partial charge in [0.15, 0.2) is 0 Å². The molecule has 2 aliphatic rings. The van der Waals surface area contributed by atoms with Gasteiger partial charge in [-0.15, -0.1) is 0 Å². The lowest BCUT2D eigenvalue weighted by molar-refractivity contribution is -0.145. The van der Waals surface area contributed by atoms with E-state index in [1.165, 1.54) is 18.6 Å². The van der Waals surface area contributed by atoms with Crippen LogP contribution in [0.15, 0.2) is 78.9 Å². The topological polar surface area (TPSA) is 97.0 Å². The van der Waals surface area contributed by atoms with Gasteiger partial charge in [0, 0.05) is 18.8 Å². The summed E-state index contributed by atoms with van der Waals surface area (Å²) in [6.45, 7) is 1.19. The van der Waals surface area contributed by atoms with Crippen molar-refractivity contribution in [3.63, 3.8) is 0 Å². The molecule has 1 heterocycles. The molecule has 0 unspecified atom stereocenters. The third-order valence-corrected chi connectivity index (χ3v) is 8.59. The van der Waals surface area contributed by atoms with Crippen LogP contribution in [0.3, 0.4) is 0 Å². The van der Waals surface area contributed by atoms with E-state index in [0.29, 0.717) is 31.8 Å². The van der Waals surface area contributed by atoms with E-state index >= 15 is 0 Å². The molecule has 45 heavy (non-hydrogen) atoms. The molecule has 3 aromatic carbocycles. The number of alkyl carbamates (subject to hydrolysis) is 1. The fraction of sp³-hybridized carbons (Fsp3) is 0.417. The number of hydrogen-bond acceptors (Lipinski definition) is 6. The Kier molecular flexibility index (Phi) is 11.4. The molecule has 8 nitrogen and oxygen atoms in total. The van der Waals surface area contributed by atoms with E-state index in [1.54, 1.807) is 6.07 Å². The van der Waals surface area contributed by atoms with Gasteiger partial charge in [0.2, 0.25) is 5.91 Å². The molecule has 0 spiro atoms. The lowest BCUT2D eigenvalue weighted by Gasteiger charge is -2.30. The number of anilines is 1. The molecule has 0 saturated heterocycles. The van der Waals surface area contributed by atoms with E-state index < -0.39 is 24.1 Å². The van der Waals surface area contributed by atoms with E-state index in [2.05, 4.69) is 15.5 Å². The fourth-order valence-electron chi connectivity index (χ4n) is 6.25. The zero-order valence-electron chi connectivity index (χ0n) is 25.6. The number of fused-ring (bicyclic) bond motifs is 1. The summed E-state index contributed by atoms with van der Waals surface area (Å²) in [7, 11) is 0. The van der Waals surface area contributed by atoms with E-state index in [-0.39, 0.29) is 31.4 Å². The van der Waals surface area contributed by atoms with Crippen molar-refractivity contribution in [2.75, 3.05) is 18.0 Å². The van der Waals surface area contributed by atoms with Crippen LogP contribution in [0.4, 0.5) is 14.9 Å². The van der Waals surface area contributed by atoms with Gasteiger partial charge in [-0.2, -0.15) is 0 Å². The number of nitrogens with one attached hydrogen (secondary N) is 2. The van der Waals surface area contributed by atoms with Crippen molar-refractivity contribution in [3.8, 4) is 0 Å². The van der Waals surface area contributed by atoms with Gasteiger partial charge in [0.05, 0.1) is 12.5 Å². The first-order valence-electron chi connectivity index (χ1n) is 15.9. The number of carbonyl (C=O) groups excluding carboxylic acids is 3. The highest BCUT2D eigenvalue weighted by Crippen LogP contribution is 2.30. The zero-order valence-corrected chi connectivity index (χ0v) is 25.6. The van der Waals surface area contributed by atoms with Gasteiger partial charge in [0.1, 0.15) is 25.1 Å². The van der Waals surface area contributed by atoms with Crippen LogP contribution < -0.4 is 15.5 Å². The molecule has 2 amide bonds. The largest absolute Gasteiger partial charge is 0.461 e. The number of ether oxygens (including phenoxy) is 2. The van der Waals surface area contributed by atoms with Crippen LogP contribution in [-0.4, -0.2) is 43.1 Å². The number of halogens is 1. The van der Waals surface area contributed by atoms with E-state index in [1.807, 2.05) is 60.7 Å². The highest BCUT2D eigenvalue weighted by atomic mass is 19.1. The van der Waals surface area contributed by atoms with Crippen molar-refractivity contribution >= 4 is 23.7 Å². The van der Waals surface area contributed by atoms with Crippen LogP contribution in [0, 0.1) is 11.7 Å². The van der Waals surface area contributed by atoms with Crippen molar-refractivity contribution in [3.05, 3.63) is 101 Å². The minimum atomic E-state index is -0.820. The number of carbonyl (C=O) groups is 3. The lowest BCUT2D eigenvalue weighted by Crippen LogP contribution is -2.53. The zero-order chi connectivity index (χ0) is 31.4. The van der Waals surface area contributed by atoms with Gasteiger partial charge in [-0.25, -0.2) is 9.18 Å². The van der Waals surface area contributed by atoms with Crippen molar-refractivity contribution < 1.29 is 28.2 Å². The minimum absolute atomic E-state index is 0.0554. The maximum Gasteiger partial charge on any atom is 0.408 e. The van der Waals surface area contributed by atoms with Crippen LogP contribution in [-0.2, 0) is 38.7 Å². The monoisotopic (exact) mass is 615 g/mol. The van der Waals surface area contributed by atoms with Crippen molar-refractivity contribution in [1.82, 2.24) is 10.6 Å². The Morgan fingerprint density at radius 3 is 2.20 bits per heavy atom. The van der Waals surface area contributed by atoms with Crippen LogP contribution in [0.1, 0.15) is 61.6 Å². The molecule has 9 heteroatoms. The van der Waals surface area contributed by atoms with Crippen LogP contribution >= 0.6 is 0 Å². The summed E-state index contributed by atoms with van der Waals surface area (Å²) in [5.74, 6) is -0.794. The second kappa shape index (κ2) is 16.1. The quantitative estimate of drug-likeness (QED) is 0.227. The summed E-state index contributed by atoms with van der Waals surface area (Å²) in [6.07, 6.45) is 5.82. The third kappa shape index (κ3) is 9.80. The van der Waals surface area contributed by atoms with Crippen molar-refractivity contribution in [2.45, 2.75) is 76.7 Å². The average Bonchev–Trinajstić information content (AvgIpc) is 3.45. The predicted octanol–water partition coefficient (Wildman–Crippen LogP) is 6.07. The number of amides is 2. The second-order valence-electron chi connectivity index (χ2n) is 12.0. The molecule has 0 aromatic heterocycles. The predicted molar refractivity (Wildman–Crippen MR) is 170 cm³/mol. The molecule has 2 N–H and O–H groups in total. The van der Waals surface area contributed by atoms with Gasteiger partial charge in [-0.1, -0.05) is 92.8 Å². The Morgan fingerprint density at radius 2 is 1.51 bits per heavy atom. The molecule has 1 aliphatic heterocycles. The molecule has 3 aromatic rings. The van der Waals surface area contributed by atoms with Crippen LogP contribution in [0.5, 0.6) is 0 Å². The molecule has 5 rings (SSSR count). The number of hydrogen-bond donors (Lipinski definition) is 2. The Bertz CT molecular complexity index is 1410. The van der Waals surface area contributed by atoms with E-state index in [9.17, 15) is 18.8 Å². The molecule has 2 atom stereocenters. The average molecular weight is 616 g/mol. The Balaban J connectivity index is 1.27. The standard InChI is InChI=1S/C36H42FN3O5/c37-30-16-17-33-29(21-30)18-19-40(33)23-31(22-34(41)44-24-27-12-6-2-7-13-27)38-35(42)32(20-26-10-4-1-5-11-26)39-36(43)45-25-28-14-8-3-9-15-28/h2-3,6-9,12-17,21,26,31-32H,1,4-5,10-11,18-20,22-25H2,(H,38,42)(H,39,43)/t31-,32-/m0/s1. The highest BCUT2D eigenvalue weighted by molar-refractivity contribution is 5.86. The first kappa shape index (κ1) is 32.0. The number of nitrogens with zero attached hydrogens (tertiary/aromatic N) is 1. The SMILES string of the molecule is O=C(C[C@@H](CN1CCc2cc(F)ccc21)NC(=O)[C@H](CC1CCCCC1)NC(=O)OCc1ccccc1)OCc1ccccc1. The third-order valence-electron chi connectivity index (χ3n) is 8.59. The van der Waals surface area contributed by atoms with Crippen molar-refractivity contribution in [1.29, 1.82) is 0 Å². The lowest BCUT2D eigenvalue weighted by atomic mass is 9.84. The Morgan fingerprint density at radius 1 is 0.844 bits per heavy atom. The smallest absolute Gasteiger partial charge is 0.408 e. The minimum Gasteiger partial charge on any atom is -0.461 e. The maximum atomic E-state index is 13.9. The molecule has 0 bridgehead atoms. The number of benzene rings is 3. The molecule has 1 fully saturated rings. The fourth-order valence-corrected chi connectivity index (χ4v) is 6.25. The normalized spacial score (nSPS) is 15.9. The maximum absolute atomic E-state index is 13.9. The summed E-state index contributed by atoms with van der Waals surface area (Å²) in [5, 5.41) is 5.87. The van der Waals surface area contributed by atoms with E-state index in [0.717, 1.165) is 48.1 Å². The summed E-state index contributed by atoms with van der Waals surface area (Å²) >= 11 is 0. The Labute approximate surface area is 264 Å². The number of rotatable bonds is 13. The Hall–Kier alpha value is -4.40. The van der Waals surface area contributed by atoms with Crippen LogP contribution in [0.25, 0.3) is 0 Å². The van der Waals surface area contributed by atoms with Gasteiger partial charge in [-0.3, -0.25) is 9.59 Å². The summed E-state index contributed by atoms with van der Waals surface area (Å²) in [5.41, 5.74) is 3.49.